The molecule has 0 unspecified atom stereocenters. The normalized spacial score (nSPS) is 20.3. The molecule has 0 amide bonds. The summed E-state index contributed by atoms with van der Waals surface area (Å²) in [4.78, 5) is 11.4. The lowest BCUT2D eigenvalue weighted by molar-refractivity contribution is -0.0668. The minimum absolute atomic E-state index is 0.0249. The van der Waals surface area contributed by atoms with Crippen LogP contribution in [0.5, 0.6) is 0 Å². The van der Waals surface area contributed by atoms with Crippen molar-refractivity contribution in [2.45, 2.75) is 72.9 Å². The second-order valence-electron chi connectivity index (χ2n) is 8.57. The average Bonchev–Trinajstić information content (AvgIpc) is 2.90. The maximum Gasteiger partial charge on any atom is 0.216 e. The van der Waals surface area contributed by atoms with Crippen molar-refractivity contribution in [1.82, 2.24) is 15.2 Å². The topological polar surface area (TPSA) is 53.7 Å². The highest BCUT2D eigenvalue weighted by atomic mass is 16.4. The lowest BCUT2D eigenvalue weighted by Gasteiger charge is -2.62. The molecular formula is C18H32N4O. The SMILES string of the molecule is CCNC(=NCc1ncc(C(C)(C)C)o1)N1CC(C)(C)C1(C)C. The van der Waals surface area contributed by atoms with Crippen molar-refractivity contribution in [3.63, 3.8) is 0 Å². The summed E-state index contributed by atoms with van der Waals surface area (Å²) in [6.45, 7) is 19.9. The largest absolute Gasteiger partial charge is 0.443 e. The maximum atomic E-state index is 5.84. The molecule has 0 saturated carbocycles. The molecule has 130 valence electrons. The molecule has 1 aliphatic rings. The van der Waals surface area contributed by atoms with Crippen molar-refractivity contribution in [3.05, 3.63) is 17.8 Å². The summed E-state index contributed by atoms with van der Waals surface area (Å²) in [6.07, 6.45) is 1.81. The number of rotatable bonds is 3. The molecular weight excluding hydrogens is 288 g/mol. The van der Waals surface area contributed by atoms with Crippen molar-refractivity contribution in [1.29, 1.82) is 0 Å². The summed E-state index contributed by atoms with van der Waals surface area (Å²) in [7, 11) is 0. The van der Waals surface area contributed by atoms with Gasteiger partial charge in [0.05, 0.1) is 6.20 Å². The van der Waals surface area contributed by atoms with Crippen LogP contribution in [0.2, 0.25) is 0 Å². The molecule has 0 aliphatic carbocycles. The minimum atomic E-state index is -0.0249. The molecule has 0 bridgehead atoms. The Morgan fingerprint density at radius 3 is 2.43 bits per heavy atom. The van der Waals surface area contributed by atoms with Crippen molar-refractivity contribution >= 4 is 5.96 Å². The maximum absolute atomic E-state index is 5.84. The Bertz CT molecular complexity index is 578. The van der Waals surface area contributed by atoms with Gasteiger partial charge in [0.15, 0.2) is 5.96 Å². The summed E-state index contributed by atoms with van der Waals surface area (Å²) in [6, 6.07) is 0. The number of hydrogen-bond acceptors (Lipinski definition) is 3. The van der Waals surface area contributed by atoms with E-state index in [0.717, 1.165) is 24.8 Å². The standard InChI is InChI=1S/C18H32N4O/c1-9-19-15(22-12-17(5,6)18(22,7)8)21-11-14-20-10-13(23-14)16(2,3)4/h10H,9,11-12H2,1-8H3,(H,19,21). The average molecular weight is 320 g/mol. The molecule has 0 spiro atoms. The first-order valence-corrected chi connectivity index (χ1v) is 8.50. The van der Waals surface area contributed by atoms with Crippen LogP contribution in [-0.2, 0) is 12.0 Å². The van der Waals surface area contributed by atoms with Crippen molar-refractivity contribution in [3.8, 4) is 0 Å². The zero-order valence-corrected chi connectivity index (χ0v) is 15.9. The van der Waals surface area contributed by atoms with Gasteiger partial charge in [-0.15, -0.1) is 0 Å². The lowest BCUT2D eigenvalue weighted by Crippen LogP contribution is -2.72. The van der Waals surface area contributed by atoms with Gasteiger partial charge in [-0.25, -0.2) is 9.98 Å². The second kappa shape index (κ2) is 5.84. The summed E-state index contributed by atoms with van der Waals surface area (Å²) in [5.41, 5.74) is 0.343. The van der Waals surface area contributed by atoms with Gasteiger partial charge >= 0.3 is 0 Å². The van der Waals surface area contributed by atoms with Gasteiger partial charge in [-0.3, -0.25) is 0 Å². The van der Waals surface area contributed by atoms with Crippen LogP contribution in [0.4, 0.5) is 0 Å². The van der Waals surface area contributed by atoms with Gasteiger partial charge in [-0.05, 0) is 20.8 Å². The number of guanidine groups is 1. The highest BCUT2D eigenvalue weighted by molar-refractivity contribution is 5.82. The van der Waals surface area contributed by atoms with Crippen molar-refractivity contribution in [2.24, 2.45) is 10.4 Å². The first-order chi connectivity index (χ1) is 10.5. The number of aromatic nitrogens is 1. The van der Waals surface area contributed by atoms with E-state index in [1.165, 1.54) is 0 Å². The molecule has 1 aromatic heterocycles. The first-order valence-electron chi connectivity index (χ1n) is 8.50. The van der Waals surface area contributed by atoms with Crippen molar-refractivity contribution in [2.75, 3.05) is 13.1 Å². The number of aliphatic imine (C=N–C) groups is 1. The van der Waals surface area contributed by atoms with E-state index >= 15 is 0 Å². The van der Waals surface area contributed by atoms with E-state index in [1.807, 2.05) is 6.20 Å². The Morgan fingerprint density at radius 2 is 2.00 bits per heavy atom. The predicted octanol–water partition coefficient (Wildman–Crippen LogP) is 3.56. The third-order valence-corrected chi connectivity index (χ3v) is 5.13. The molecule has 1 N–H and O–H groups in total. The molecule has 23 heavy (non-hydrogen) atoms. The number of nitrogens with zero attached hydrogens (tertiary/aromatic N) is 3. The minimum Gasteiger partial charge on any atom is -0.443 e. The van der Waals surface area contributed by atoms with Crippen LogP contribution < -0.4 is 5.32 Å². The van der Waals surface area contributed by atoms with Crippen LogP contribution in [0.15, 0.2) is 15.6 Å². The Morgan fingerprint density at radius 1 is 1.35 bits per heavy atom. The Balaban J connectivity index is 2.13. The Labute approximate surface area is 140 Å². The molecule has 1 saturated heterocycles. The van der Waals surface area contributed by atoms with Gasteiger partial charge in [0.2, 0.25) is 5.89 Å². The fourth-order valence-corrected chi connectivity index (χ4v) is 2.67. The summed E-state index contributed by atoms with van der Waals surface area (Å²) < 4.78 is 5.84. The van der Waals surface area contributed by atoms with Crippen LogP contribution in [0, 0.1) is 5.41 Å². The molecule has 2 heterocycles. The molecule has 1 aliphatic heterocycles. The van der Waals surface area contributed by atoms with Gasteiger partial charge in [-0.2, -0.15) is 0 Å². The molecule has 0 radical (unpaired) electrons. The zero-order chi connectivity index (χ0) is 17.5. The van der Waals surface area contributed by atoms with E-state index in [0.29, 0.717) is 12.4 Å². The van der Waals surface area contributed by atoms with Gasteiger partial charge in [0.25, 0.3) is 0 Å². The Kier molecular flexibility index (Phi) is 4.53. The van der Waals surface area contributed by atoms with Crippen LogP contribution in [0.3, 0.4) is 0 Å². The van der Waals surface area contributed by atoms with E-state index < -0.39 is 0 Å². The quantitative estimate of drug-likeness (QED) is 0.683. The fraction of sp³-hybridized carbons (Fsp3) is 0.778. The van der Waals surface area contributed by atoms with Crippen LogP contribution >= 0.6 is 0 Å². The number of hydrogen-bond donors (Lipinski definition) is 1. The number of likely N-dealkylation sites (tertiary alicyclic amines) is 1. The fourth-order valence-electron chi connectivity index (χ4n) is 2.67. The van der Waals surface area contributed by atoms with E-state index in [-0.39, 0.29) is 16.4 Å². The smallest absolute Gasteiger partial charge is 0.216 e. The molecule has 1 fully saturated rings. The Hall–Kier alpha value is -1.52. The molecule has 5 nitrogen and oxygen atoms in total. The molecule has 0 atom stereocenters. The third kappa shape index (κ3) is 3.38. The van der Waals surface area contributed by atoms with Crippen LogP contribution in [0.1, 0.15) is 67.0 Å². The van der Waals surface area contributed by atoms with Crippen LogP contribution in [-0.4, -0.2) is 34.5 Å². The highest BCUT2D eigenvalue weighted by Crippen LogP contribution is 2.46. The number of oxazole rings is 1. The van der Waals surface area contributed by atoms with Crippen molar-refractivity contribution < 1.29 is 4.42 Å². The van der Waals surface area contributed by atoms with E-state index in [4.69, 9.17) is 9.41 Å². The number of nitrogens with one attached hydrogen (secondary N) is 1. The highest BCUT2D eigenvalue weighted by Gasteiger charge is 2.53. The van der Waals surface area contributed by atoms with Gasteiger partial charge < -0.3 is 14.6 Å². The molecule has 5 heteroatoms. The van der Waals surface area contributed by atoms with Gasteiger partial charge in [0.1, 0.15) is 12.3 Å². The summed E-state index contributed by atoms with van der Waals surface area (Å²) >= 11 is 0. The molecule has 2 rings (SSSR count). The van der Waals surface area contributed by atoms with Crippen LogP contribution in [0.25, 0.3) is 0 Å². The summed E-state index contributed by atoms with van der Waals surface area (Å²) in [5, 5.41) is 3.39. The van der Waals surface area contributed by atoms with E-state index in [2.05, 4.69) is 70.6 Å². The second-order valence-corrected chi connectivity index (χ2v) is 8.57. The third-order valence-electron chi connectivity index (χ3n) is 5.13. The first kappa shape index (κ1) is 17.8. The molecule has 1 aromatic rings. The van der Waals surface area contributed by atoms with Gasteiger partial charge in [-0.1, -0.05) is 34.6 Å². The predicted molar refractivity (Wildman–Crippen MR) is 94.6 cm³/mol. The lowest BCUT2D eigenvalue weighted by atomic mass is 9.65. The van der Waals surface area contributed by atoms with Gasteiger partial charge in [0, 0.05) is 29.5 Å². The monoisotopic (exact) mass is 320 g/mol. The summed E-state index contributed by atoms with van der Waals surface area (Å²) in [5.74, 6) is 2.51. The zero-order valence-electron chi connectivity index (χ0n) is 15.9. The molecule has 0 aromatic carbocycles. The van der Waals surface area contributed by atoms with E-state index in [1.54, 1.807) is 0 Å². The van der Waals surface area contributed by atoms with E-state index in [9.17, 15) is 0 Å².